The van der Waals surface area contributed by atoms with Gasteiger partial charge in [0.05, 0.1) is 6.04 Å². The van der Waals surface area contributed by atoms with Crippen LogP contribution in [0.1, 0.15) is 22.9 Å². The van der Waals surface area contributed by atoms with E-state index in [1.807, 2.05) is 19.1 Å². The first kappa shape index (κ1) is 13.9. The Morgan fingerprint density at radius 1 is 1.37 bits per heavy atom. The molecule has 1 aromatic heterocycles. The summed E-state index contributed by atoms with van der Waals surface area (Å²) in [5.74, 6) is 5.22. The van der Waals surface area contributed by atoms with Crippen molar-refractivity contribution in [3.05, 3.63) is 64.2 Å². The number of nitrogens with one attached hydrogen (secondary N) is 1. The van der Waals surface area contributed by atoms with Crippen molar-refractivity contribution >= 4 is 11.6 Å². The fraction of sp³-hybridized carbons (Fsp3) is 0.214. The molecule has 0 fully saturated rings. The summed E-state index contributed by atoms with van der Waals surface area (Å²) < 4.78 is 13.8. The summed E-state index contributed by atoms with van der Waals surface area (Å²) in [7, 11) is 0. The summed E-state index contributed by atoms with van der Waals surface area (Å²) in [6.45, 7) is 1.91. The Morgan fingerprint density at radius 2 is 2.16 bits per heavy atom. The zero-order valence-electron chi connectivity index (χ0n) is 10.5. The van der Waals surface area contributed by atoms with E-state index < -0.39 is 0 Å². The molecule has 1 heterocycles. The van der Waals surface area contributed by atoms with Crippen LogP contribution in [0.3, 0.4) is 0 Å². The molecular formula is C14H15ClFN3. The Morgan fingerprint density at radius 3 is 2.74 bits per heavy atom. The highest BCUT2D eigenvalue weighted by atomic mass is 35.5. The van der Waals surface area contributed by atoms with Crippen molar-refractivity contribution in [3.8, 4) is 0 Å². The van der Waals surface area contributed by atoms with Crippen molar-refractivity contribution in [3.63, 3.8) is 0 Å². The van der Waals surface area contributed by atoms with Crippen LogP contribution in [-0.4, -0.2) is 4.98 Å². The maximum Gasteiger partial charge on any atom is 0.127 e. The van der Waals surface area contributed by atoms with Crippen LogP contribution in [0.5, 0.6) is 0 Å². The van der Waals surface area contributed by atoms with Crippen LogP contribution in [0.15, 0.2) is 36.5 Å². The molecule has 0 aliphatic heterocycles. The van der Waals surface area contributed by atoms with E-state index in [-0.39, 0.29) is 11.9 Å². The molecule has 0 amide bonds. The number of halogens is 2. The molecule has 3 N–H and O–H groups in total. The molecule has 5 heteroatoms. The molecule has 0 aliphatic rings. The summed E-state index contributed by atoms with van der Waals surface area (Å²) >= 11 is 5.73. The minimum atomic E-state index is -0.326. The first-order valence-electron chi connectivity index (χ1n) is 5.92. The van der Waals surface area contributed by atoms with Crippen LogP contribution in [-0.2, 0) is 6.42 Å². The second-order valence-electron chi connectivity index (χ2n) is 4.39. The van der Waals surface area contributed by atoms with Gasteiger partial charge in [0.15, 0.2) is 0 Å². The average Bonchev–Trinajstić information content (AvgIpc) is 2.39. The van der Waals surface area contributed by atoms with Gasteiger partial charge in [-0.25, -0.2) is 4.39 Å². The van der Waals surface area contributed by atoms with E-state index >= 15 is 0 Å². The number of nitrogens with zero attached hydrogens (tertiary/aromatic N) is 1. The minimum Gasteiger partial charge on any atom is -0.271 e. The lowest BCUT2D eigenvalue weighted by Gasteiger charge is -2.16. The number of hydrogen-bond acceptors (Lipinski definition) is 3. The SMILES string of the molecule is Cc1ccc(C(Cc2ccc(Cl)cc2F)NN)cn1. The van der Waals surface area contributed by atoms with Crippen molar-refractivity contribution in [1.82, 2.24) is 10.4 Å². The molecule has 0 radical (unpaired) electrons. The quantitative estimate of drug-likeness (QED) is 0.668. The van der Waals surface area contributed by atoms with Crippen molar-refractivity contribution in [2.24, 2.45) is 5.84 Å². The van der Waals surface area contributed by atoms with Gasteiger partial charge in [-0.3, -0.25) is 16.3 Å². The summed E-state index contributed by atoms with van der Waals surface area (Å²) in [5.41, 5.74) is 5.10. The Hall–Kier alpha value is -1.49. The first-order chi connectivity index (χ1) is 9.10. The Balaban J connectivity index is 2.21. The lowest BCUT2D eigenvalue weighted by Crippen LogP contribution is -2.29. The van der Waals surface area contributed by atoms with Gasteiger partial charge in [-0.1, -0.05) is 23.7 Å². The molecule has 0 saturated heterocycles. The summed E-state index contributed by atoms with van der Waals surface area (Å²) in [4.78, 5) is 4.22. The van der Waals surface area contributed by atoms with Crippen molar-refractivity contribution in [2.45, 2.75) is 19.4 Å². The van der Waals surface area contributed by atoms with Crippen LogP contribution in [0, 0.1) is 12.7 Å². The maximum atomic E-state index is 13.8. The summed E-state index contributed by atoms with van der Waals surface area (Å²) in [6.07, 6.45) is 2.18. The summed E-state index contributed by atoms with van der Waals surface area (Å²) in [5, 5.41) is 0.385. The van der Waals surface area contributed by atoms with Gasteiger partial charge in [0.2, 0.25) is 0 Å². The molecule has 1 atom stereocenters. The van der Waals surface area contributed by atoms with Gasteiger partial charge >= 0.3 is 0 Å². The van der Waals surface area contributed by atoms with Gasteiger partial charge in [0.25, 0.3) is 0 Å². The molecule has 0 spiro atoms. The molecule has 1 aromatic carbocycles. The molecular weight excluding hydrogens is 265 g/mol. The van der Waals surface area contributed by atoms with Gasteiger partial charge in [0, 0.05) is 16.9 Å². The lowest BCUT2D eigenvalue weighted by molar-refractivity contribution is 0.528. The third-order valence-electron chi connectivity index (χ3n) is 2.98. The fourth-order valence-electron chi connectivity index (χ4n) is 1.87. The van der Waals surface area contributed by atoms with Gasteiger partial charge in [-0.2, -0.15) is 0 Å². The van der Waals surface area contributed by atoms with E-state index in [0.29, 0.717) is 17.0 Å². The van der Waals surface area contributed by atoms with E-state index in [9.17, 15) is 4.39 Å². The molecule has 1 unspecified atom stereocenters. The average molecular weight is 280 g/mol. The van der Waals surface area contributed by atoms with Crippen molar-refractivity contribution in [1.29, 1.82) is 0 Å². The molecule has 0 saturated carbocycles. The largest absolute Gasteiger partial charge is 0.271 e. The highest BCUT2D eigenvalue weighted by molar-refractivity contribution is 6.30. The van der Waals surface area contributed by atoms with E-state index in [2.05, 4.69) is 10.4 Å². The second-order valence-corrected chi connectivity index (χ2v) is 4.83. The predicted molar refractivity (Wildman–Crippen MR) is 74.2 cm³/mol. The Labute approximate surface area is 116 Å². The van der Waals surface area contributed by atoms with Gasteiger partial charge in [-0.05, 0) is 42.7 Å². The van der Waals surface area contributed by atoms with Crippen LogP contribution < -0.4 is 11.3 Å². The number of nitrogens with two attached hydrogens (primary N) is 1. The topological polar surface area (TPSA) is 50.9 Å². The third kappa shape index (κ3) is 3.50. The van der Waals surface area contributed by atoms with Crippen LogP contribution in [0.4, 0.5) is 4.39 Å². The number of aryl methyl sites for hydroxylation is 1. The zero-order chi connectivity index (χ0) is 13.8. The van der Waals surface area contributed by atoms with Crippen molar-refractivity contribution in [2.75, 3.05) is 0 Å². The van der Waals surface area contributed by atoms with Gasteiger partial charge < -0.3 is 0 Å². The van der Waals surface area contributed by atoms with E-state index in [0.717, 1.165) is 11.3 Å². The molecule has 3 nitrogen and oxygen atoms in total. The lowest BCUT2D eigenvalue weighted by atomic mass is 10.0. The molecule has 2 aromatic rings. The smallest absolute Gasteiger partial charge is 0.127 e. The highest BCUT2D eigenvalue weighted by Crippen LogP contribution is 2.21. The number of benzene rings is 1. The van der Waals surface area contributed by atoms with Crippen LogP contribution in [0.2, 0.25) is 5.02 Å². The Kier molecular flexibility index (Phi) is 4.47. The third-order valence-corrected chi connectivity index (χ3v) is 3.21. The number of aromatic nitrogens is 1. The van der Waals surface area contributed by atoms with Crippen LogP contribution >= 0.6 is 11.6 Å². The van der Waals surface area contributed by atoms with Gasteiger partial charge in [0.1, 0.15) is 5.82 Å². The standard InChI is InChI=1S/C14H15ClFN3/c1-9-2-3-11(8-18-9)14(19-17)6-10-4-5-12(15)7-13(10)16/h2-5,7-8,14,19H,6,17H2,1H3. The monoisotopic (exact) mass is 279 g/mol. The first-order valence-corrected chi connectivity index (χ1v) is 6.30. The fourth-order valence-corrected chi connectivity index (χ4v) is 2.02. The molecule has 0 aliphatic carbocycles. The number of hydrazine groups is 1. The molecule has 100 valence electrons. The molecule has 0 bridgehead atoms. The van der Waals surface area contributed by atoms with E-state index in [4.69, 9.17) is 17.4 Å². The van der Waals surface area contributed by atoms with Crippen molar-refractivity contribution < 1.29 is 4.39 Å². The Bertz CT molecular complexity index is 557. The van der Waals surface area contributed by atoms with Crippen LogP contribution in [0.25, 0.3) is 0 Å². The minimum absolute atomic E-state index is 0.191. The number of hydrogen-bond donors (Lipinski definition) is 2. The number of pyridine rings is 1. The summed E-state index contributed by atoms with van der Waals surface area (Å²) in [6, 6.07) is 8.28. The molecule has 19 heavy (non-hydrogen) atoms. The number of rotatable bonds is 4. The zero-order valence-corrected chi connectivity index (χ0v) is 11.3. The molecule has 2 rings (SSSR count). The highest BCUT2D eigenvalue weighted by Gasteiger charge is 2.13. The normalized spacial score (nSPS) is 12.4. The van der Waals surface area contributed by atoms with E-state index in [1.54, 1.807) is 18.3 Å². The predicted octanol–water partition coefficient (Wildman–Crippen LogP) is 2.93. The van der Waals surface area contributed by atoms with Gasteiger partial charge in [-0.15, -0.1) is 0 Å². The maximum absolute atomic E-state index is 13.8. The second kappa shape index (κ2) is 6.10. The van der Waals surface area contributed by atoms with E-state index in [1.165, 1.54) is 6.07 Å².